The highest BCUT2D eigenvalue weighted by Gasteiger charge is 2.50. The van der Waals surface area contributed by atoms with Crippen LogP contribution in [0.3, 0.4) is 0 Å². The monoisotopic (exact) mass is 296 g/mol. The van der Waals surface area contributed by atoms with E-state index in [-0.39, 0.29) is 17.0 Å². The average Bonchev–Trinajstić information content (AvgIpc) is 2.44. The normalized spacial score (nSPS) is 30.4. The molecule has 22 heavy (non-hydrogen) atoms. The van der Waals surface area contributed by atoms with Gasteiger partial charge in [0.2, 0.25) is 0 Å². The molecule has 1 aromatic carbocycles. The van der Waals surface area contributed by atoms with E-state index in [2.05, 4.69) is 19.9 Å². The van der Waals surface area contributed by atoms with Crippen LogP contribution in [0.25, 0.3) is 0 Å². The lowest BCUT2D eigenvalue weighted by atomic mass is 9.53. The van der Waals surface area contributed by atoms with Gasteiger partial charge in [0.15, 0.2) is 5.78 Å². The molecule has 2 unspecified atom stereocenters. The van der Waals surface area contributed by atoms with Crippen LogP contribution in [-0.2, 0) is 10.2 Å². The Hall–Kier alpha value is -1.70. The molecule has 2 aliphatic carbocycles. The summed E-state index contributed by atoms with van der Waals surface area (Å²) in [5.41, 5.74) is 4.63. The molecule has 116 valence electrons. The molecule has 2 heteroatoms. The highest BCUT2D eigenvalue weighted by Crippen LogP contribution is 2.55. The standard InChI is InChI=1S/C20H24O2/c1-12-9-15-16(10-13(12)2)20(5)8-6-7-19(4,14(3)21)18(20)11-17(15)22/h9-11H,6-8H2,1-5H3. The van der Waals surface area contributed by atoms with Gasteiger partial charge in [-0.05, 0) is 74.9 Å². The predicted octanol–water partition coefficient (Wildman–Crippen LogP) is 4.46. The lowest BCUT2D eigenvalue weighted by molar-refractivity contribution is -0.125. The maximum absolute atomic E-state index is 12.7. The van der Waals surface area contributed by atoms with E-state index in [9.17, 15) is 9.59 Å². The Labute approximate surface area is 132 Å². The summed E-state index contributed by atoms with van der Waals surface area (Å²) in [5, 5.41) is 0. The third-order valence-electron chi connectivity index (χ3n) is 6.09. The Balaban J connectivity index is 2.29. The van der Waals surface area contributed by atoms with E-state index in [1.807, 2.05) is 19.9 Å². The Morgan fingerprint density at radius 3 is 2.36 bits per heavy atom. The van der Waals surface area contributed by atoms with Crippen molar-refractivity contribution >= 4 is 11.6 Å². The molecule has 2 atom stereocenters. The van der Waals surface area contributed by atoms with Gasteiger partial charge in [-0.1, -0.05) is 19.4 Å². The first kappa shape index (κ1) is 15.2. The van der Waals surface area contributed by atoms with Gasteiger partial charge in [-0.2, -0.15) is 0 Å². The molecule has 0 radical (unpaired) electrons. The van der Waals surface area contributed by atoms with E-state index in [1.165, 1.54) is 5.56 Å². The number of ketones is 2. The van der Waals surface area contributed by atoms with Gasteiger partial charge in [0.25, 0.3) is 0 Å². The van der Waals surface area contributed by atoms with Crippen molar-refractivity contribution in [2.75, 3.05) is 0 Å². The first-order valence-electron chi connectivity index (χ1n) is 8.10. The maximum atomic E-state index is 12.7. The number of hydrogen-bond donors (Lipinski definition) is 0. The minimum absolute atomic E-state index is 0.0555. The third-order valence-corrected chi connectivity index (χ3v) is 6.09. The summed E-state index contributed by atoms with van der Waals surface area (Å²) < 4.78 is 0. The van der Waals surface area contributed by atoms with E-state index < -0.39 is 5.41 Å². The van der Waals surface area contributed by atoms with E-state index in [0.29, 0.717) is 0 Å². The van der Waals surface area contributed by atoms with Crippen LogP contribution in [0.5, 0.6) is 0 Å². The van der Waals surface area contributed by atoms with Crippen LogP contribution >= 0.6 is 0 Å². The SMILES string of the molecule is CC(=O)C1(C)CCCC2(C)C1=CC(=O)c1cc(C)c(C)cc12. The zero-order valence-corrected chi connectivity index (χ0v) is 14.2. The summed E-state index contributed by atoms with van der Waals surface area (Å²) in [4.78, 5) is 25.0. The fourth-order valence-corrected chi connectivity index (χ4v) is 4.32. The minimum Gasteiger partial charge on any atom is -0.299 e. The number of hydrogen-bond acceptors (Lipinski definition) is 2. The summed E-state index contributed by atoms with van der Waals surface area (Å²) in [7, 11) is 0. The quantitative estimate of drug-likeness (QED) is 0.766. The topological polar surface area (TPSA) is 34.1 Å². The van der Waals surface area contributed by atoms with Crippen molar-refractivity contribution in [2.24, 2.45) is 5.41 Å². The van der Waals surface area contributed by atoms with Gasteiger partial charge in [-0.25, -0.2) is 0 Å². The summed E-state index contributed by atoms with van der Waals surface area (Å²) in [6.07, 6.45) is 4.63. The molecular weight excluding hydrogens is 272 g/mol. The minimum atomic E-state index is -0.501. The lowest BCUT2D eigenvalue weighted by Crippen LogP contribution is -2.45. The molecular formula is C20H24O2. The smallest absolute Gasteiger partial charge is 0.186 e. The molecule has 0 spiro atoms. The second-order valence-corrected chi connectivity index (χ2v) is 7.48. The molecule has 0 aliphatic heterocycles. The van der Waals surface area contributed by atoms with Crippen LogP contribution in [0.15, 0.2) is 23.8 Å². The van der Waals surface area contributed by atoms with Crippen molar-refractivity contribution in [2.45, 2.75) is 59.3 Å². The number of allylic oxidation sites excluding steroid dienone is 2. The van der Waals surface area contributed by atoms with Crippen molar-refractivity contribution < 1.29 is 9.59 Å². The van der Waals surface area contributed by atoms with Crippen LogP contribution in [0.1, 0.15) is 67.1 Å². The predicted molar refractivity (Wildman–Crippen MR) is 88.3 cm³/mol. The summed E-state index contributed by atoms with van der Waals surface area (Å²) >= 11 is 0. The molecule has 0 amide bonds. The van der Waals surface area contributed by atoms with Gasteiger partial charge >= 0.3 is 0 Å². The van der Waals surface area contributed by atoms with Crippen molar-refractivity contribution in [1.29, 1.82) is 0 Å². The second kappa shape index (κ2) is 4.65. The van der Waals surface area contributed by atoms with Crippen LogP contribution in [0.4, 0.5) is 0 Å². The number of carbonyl (C=O) groups excluding carboxylic acids is 2. The third kappa shape index (κ3) is 1.86. The Morgan fingerprint density at radius 1 is 1.09 bits per heavy atom. The molecule has 0 heterocycles. The van der Waals surface area contributed by atoms with Crippen LogP contribution in [0, 0.1) is 19.3 Å². The average molecular weight is 296 g/mol. The summed E-state index contributed by atoms with van der Waals surface area (Å²) in [6, 6.07) is 4.19. The first-order chi connectivity index (χ1) is 10.2. The van der Waals surface area contributed by atoms with E-state index in [1.54, 1.807) is 13.0 Å². The number of aryl methyl sites for hydroxylation is 2. The van der Waals surface area contributed by atoms with Crippen LogP contribution < -0.4 is 0 Å². The van der Waals surface area contributed by atoms with Gasteiger partial charge in [-0.3, -0.25) is 9.59 Å². The van der Waals surface area contributed by atoms with Gasteiger partial charge < -0.3 is 0 Å². The Bertz CT molecular complexity index is 725. The summed E-state index contributed by atoms with van der Waals surface area (Å²) in [5.74, 6) is 0.227. The van der Waals surface area contributed by atoms with Gasteiger partial charge in [0.05, 0.1) is 0 Å². The van der Waals surface area contributed by atoms with Crippen molar-refractivity contribution in [3.63, 3.8) is 0 Å². The molecule has 1 aromatic rings. The van der Waals surface area contributed by atoms with Crippen LogP contribution in [0.2, 0.25) is 0 Å². The largest absolute Gasteiger partial charge is 0.299 e. The van der Waals surface area contributed by atoms with Crippen molar-refractivity contribution in [3.8, 4) is 0 Å². The molecule has 2 nitrogen and oxygen atoms in total. The van der Waals surface area contributed by atoms with Gasteiger partial charge in [0.1, 0.15) is 5.78 Å². The fourth-order valence-electron chi connectivity index (χ4n) is 4.32. The van der Waals surface area contributed by atoms with E-state index >= 15 is 0 Å². The number of benzene rings is 1. The fraction of sp³-hybridized carbons (Fsp3) is 0.500. The molecule has 0 aromatic heterocycles. The zero-order chi connectivity index (χ0) is 16.3. The van der Waals surface area contributed by atoms with Crippen LogP contribution in [-0.4, -0.2) is 11.6 Å². The summed E-state index contributed by atoms with van der Waals surface area (Å²) in [6.45, 7) is 10.0. The highest BCUT2D eigenvalue weighted by atomic mass is 16.1. The van der Waals surface area contributed by atoms with E-state index in [4.69, 9.17) is 0 Å². The molecule has 0 bridgehead atoms. The van der Waals surface area contributed by atoms with Crippen molar-refractivity contribution in [3.05, 3.63) is 46.0 Å². The van der Waals surface area contributed by atoms with Gasteiger partial charge in [0, 0.05) is 16.4 Å². The Morgan fingerprint density at radius 2 is 1.73 bits per heavy atom. The molecule has 0 saturated heterocycles. The number of Topliss-reactive ketones (excluding diaryl/α,β-unsaturated/α-hetero) is 1. The molecule has 1 fully saturated rings. The zero-order valence-electron chi connectivity index (χ0n) is 14.2. The second-order valence-electron chi connectivity index (χ2n) is 7.48. The van der Waals surface area contributed by atoms with Crippen molar-refractivity contribution in [1.82, 2.24) is 0 Å². The number of carbonyl (C=O) groups is 2. The van der Waals surface area contributed by atoms with E-state index in [0.717, 1.165) is 41.5 Å². The van der Waals surface area contributed by atoms with Gasteiger partial charge in [-0.15, -0.1) is 0 Å². The number of rotatable bonds is 1. The maximum Gasteiger partial charge on any atom is 0.186 e. The molecule has 2 aliphatic rings. The number of fused-ring (bicyclic) bond motifs is 3. The molecule has 0 N–H and O–H groups in total. The molecule has 1 saturated carbocycles. The first-order valence-corrected chi connectivity index (χ1v) is 8.10. The Kier molecular flexibility index (Phi) is 3.21. The highest BCUT2D eigenvalue weighted by molar-refractivity contribution is 6.09. The molecule has 3 rings (SSSR count). The lowest BCUT2D eigenvalue weighted by Gasteiger charge is -2.49.